The molecule has 1 heterocycles. The van der Waals surface area contributed by atoms with Crippen LogP contribution in [0.2, 0.25) is 0 Å². The Morgan fingerprint density at radius 3 is 2.63 bits per heavy atom. The van der Waals surface area contributed by atoms with Gasteiger partial charge < -0.3 is 11.1 Å². The highest BCUT2D eigenvalue weighted by Gasteiger charge is 2.07. The molecule has 1 aromatic carbocycles. The Morgan fingerprint density at radius 1 is 1.32 bits per heavy atom. The normalized spacial score (nSPS) is 12.2. The second-order valence-corrected chi connectivity index (χ2v) is 4.81. The highest BCUT2D eigenvalue weighted by Crippen LogP contribution is 2.16. The van der Waals surface area contributed by atoms with Gasteiger partial charge in [0.15, 0.2) is 0 Å². The smallest absolute Gasteiger partial charge is 0.129 e. The number of hydrogen-bond acceptors (Lipinski definition) is 3. The monoisotopic (exact) mass is 259 g/mol. The Balaban J connectivity index is 2.01. The van der Waals surface area contributed by atoms with Crippen molar-refractivity contribution < 1.29 is 4.39 Å². The Hall–Kier alpha value is -2.10. The molecule has 4 heteroatoms. The number of nitrogens with one attached hydrogen (secondary N) is 1. The van der Waals surface area contributed by atoms with Crippen molar-refractivity contribution in [1.29, 1.82) is 0 Å². The summed E-state index contributed by atoms with van der Waals surface area (Å²) in [7, 11) is 0. The maximum Gasteiger partial charge on any atom is 0.129 e. The van der Waals surface area contributed by atoms with Crippen LogP contribution < -0.4 is 11.1 Å². The third-order valence-corrected chi connectivity index (χ3v) is 2.94. The second kappa shape index (κ2) is 5.69. The lowest BCUT2D eigenvalue weighted by Crippen LogP contribution is -2.19. The fourth-order valence-electron chi connectivity index (χ4n) is 2.01. The topological polar surface area (TPSA) is 50.9 Å². The average Bonchev–Trinajstić information content (AvgIpc) is 2.36. The first-order valence-electron chi connectivity index (χ1n) is 6.27. The number of aryl methyl sites for hydroxylation is 1. The van der Waals surface area contributed by atoms with Crippen LogP contribution in [0.25, 0.3) is 0 Å². The van der Waals surface area contributed by atoms with Crippen LogP contribution in [-0.2, 0) is 6.42 Å². The minimum Gasteiger partial charge on any atom is -0.397 e. The van der Waals surface area contributed by atoms with Gasteiger partial charge in [0, 0.05) is 6.04 Å². The lowest BCUT2D eigenvalue weighted by atomic mass is 10.1. The van der Waals surface area contributed by atoms with E-state index in [0.717, 1.165) is 23.4 Å². The van der Waals surface area contributed by atoms with E-state index in [0.29, 0.717) is 5.69 Å². The molecule has 1 unspecified atom stereocenters. The molecule has 0 amide bonds. The van der Waals surface area contributed by atoms with E-state index in [1.807, 2.05) is 13.0 Å². The summed E-state index contributed by atoms with van der Waals surface area (Å²) in [6.45, 7) is 4.04. The second-order valence-electron chi connectivity index (χ2n) is 4.81. The highest BCUT2D eigenvalue weighted by molar-refractivity contribution is 5.51. The molecule has 2 rings (SSSR count). The highest BCUT2D eigenvalue weighted by atomic mass is 19.1. The number of aromatic nitrogens is 1. The van der Waals surface area contributed by atoms with Gasteiger partial charge >= 0.3 is 0 Å². The number of benzene rings is 1. The largest absolute Gasteiger partial charge is 0.397 e. The molecule has 19 heavy (non-hydrogen) atoms. The standard InChI is InChI=1S/C15H18FN3/c1-10-7-14(17)9-18-15(10)19-11(2)8-12-3-5-13(16)6-4-12/h3-7,9,11H,8,17H2,1-2H3,(H,18,19). The molecule has 0 fully saturated rings. The van der Waals surface area contributed by atoms with Crippen LogP contribution in [0.5, 0.6) is 0 Å². The van der Waals surface area contributed by atoms with Gasteiger partial charge in [-0.05, 0) is 49.6 Å². The first kappa shape index (κ1) is 13.3. The zero-order valence-electron chi connectivity index (χ0n) is 11.2. The fourth-order valence-corrected chi connectivity index (χ4v) is 2.01. The molecule has 100 valence electrons. The Kier molecular flexibility index (Phi) is 4.00. The Morgan fingerprint density at radius 2 is 2.00 bits per heavy atom. The Bertz CT molecular complexity index is 552. The summed E-state index contributed by atoms with van der Waals surface area (Å²) in [5, 5.41) is 3.34. The van der Waals surface area contributed by atoms with Crippen molar-refractivity contribution in [2.45, 2.75) is 26.3 Å². The van der Waals surface area contributed by atoms with Crippen molar-refractivity contribution in [1.82, 2.24) is 4.98 Å². The fraction of sp³-hybridized carbons (Fsp3) is 0.267. The molecule has 0 saturated heterocycles. The Labute approximate surface area is 112 Å². The van der Waals surface area contributed by atoms with Gasteiger partial charge in [0.2, 0.25) is 0 Å². The van der Waals surface area contributed by atoms with Crippen LogP contribution in [-0.4, -0.2) is 11.0 Å². The van der Waals surface area contributed by atoms with Crippen molar-refractivity contribution in [3.05, 3.63) is 53.5 Å². The number of pyridine rings is 1. The summed E-state index contributed by atoms with van der Waals surface area (Å²) >= 11 is 0. The van der Waals surface area contributed by atoms with E-state index in [-0.39, 0.29) is 11.9 Å². The first-order valence-corrected chi connectivity index (χ1v) is 6.27. The van der Waals surface area contributed by atoms with E-state index in [1.165, 1.54) is 12.1 Å². The average molecular weight is 259 g/mol. The van der Waals surface area contributed by atoms with E-state index in [2.05, 4.69) is 17.2 Å². The van der Waals surface area contributed by atoms with Crippen molar-refractivity contribution in [3.8, 4) is 0 Å². The molecule has 0 bridgehead atoms. The van der Waals surface area contributed by atoms with Gasteiger partial charge in [-0.2, -0.15) is 0 Å². The van der Waals surface area contributed by atoms with Crippen LogP contribution in [0.15, 0.2) is 36.5 Å². The molecule has 3 N–H and O–H groups in total. The zero-order chi connectivity index (χ0) is 13.8. The van der Waals surface area contributed by atoms with Crippen LogP contribution >= 0.6 is 0 Å². The van der Waals surface area contributed by atoms with Crippen molar-refractivity contribution in [3.63, 3.8) is 0 Å². The molecule has 1 atom stereocenters. The predicted molar refractivity (Wildman–Crippen MR) is 76.6 cm³/mol. The van der Waals surface area contributed by atoms with E-state index in [4.69, 9.17) is 5.73 Å². The lowest BCUT2D eigenvalue weighted by molar-refractivity contribution is 0.626. The molecule has 0 spiro atoms. The van der Waals surface area contributed by atoms with Crippen LogP contribution in [0, 0.1) is 12.7 Å². The minimum atomic E-state index is -0.208. The lowest BCUT2D eigenvalue weighted by Gasteiger charge is -2.16. The van der Waals surface area contributed by atoms with Gasteiger partial charge in [0.05, 0.1) is 11.9 Å². The summed E-state index contributed by atoms with van der Waals surface area (Å²) in [5.74, 6) is 0.629. The van der Waals surface area contributed by atoms with Crippen molar-refractivity contribution in [2.75, 3.05) is 11.1 Å². The summed E-state index contributed by atoms with van der Waals surface area (Å²) in [6, 6.07) is 8.66. The van der Waals surface area contributed by atoms with Gasteiger partial charge in [-0.3, -0.25) is 0 Å². The number of halogens is 1. The van der Waals surface area contributed by atoms with Crippen LogP contribution in [0.3, 0.4) is 0 Å². The number of nitrogens with zero attached hydrogens (tertiary/aromatic N) is 1. The van der Waals surface area contributed by atoms with Crippen LogP contribution in [0.1, 0.15) is 18.1 Å². The molecule has 0 saturated carbocycles. The zero-order valence-corrected chi connectivity index (χ0v) is 11.2. The summed E-state index contributed by atoms with van der Waals surface area (Å²) in [4.78, 5) is 4.28. The SMILES string of the molecule is Cc1cc(N)cnc1NC(C)Cc1ccc(F)cc1. The number of anilines is 2. The number of hydrogen-bond donors (Lipinski definition) is 2. The summed E-state index contributed by atoms with van der Waals surface area (Å²) in [5.41, 5.74) is 8.44. The maximum absolute atomic E-state index is 12.8. The maximum atomic E-state index is 12.8. The molecule has 0 aliphatic rings. The number of nitrogen functional groups attached to an aromatic ring is 1. The summed E-state index contributed by atoms with van der Waals surface area (Å²) in [6.07, 6.45) is 2.45. The molecular weight excluding hydrogens is 241 g/mol. The van der Waals surface area contributed by atoms with Crippen molar-refractivity contribution >= 4 is 11.5 Å². The molecule has 2 aromatic rings. The van der Waals surface area contributed by atoms with E-state index in [1.54, 1.807) is 18.3 Å². The quantitative estimate of drug-likeness (QED) is 0.886. The summed E-state index contributed by atoms with van der Waals surface area (Å²) < 4.78 is 12.8. The minimum absolute atomic E-state index is 0.208. The third-order valence-electron chi connectivity index (χ3n) is 2.94. The molecule has 0 aliphatic carbocycles. The molecule has 0 aliphatic heterocycles. The predicted octanol–water partition coefficient (Wildman–Crippen LogP) is 3.15. The van der Waals surface area contributed by atoms with Gasteiger partial charge in [-0.25, -0.2) is 9.37 Å². The van der Waals surface area contributed by atoms with E-state index >= 15 is 0 Å². The van der Waals surface area contributed by atoms with E-state index < -0.39 is 0 Å². The first-order chi connectivity index (χ1) is 9.04. The van der Waals surface area contributed by atoms with Gasteiger partial charge in [0.1, 0.15) is 11.6 Å². The third kappa shape index (κ3) is 3.68. The molecular formula is C15H18FN3. The number of rotatable bonds is 4. The van der Waals surface area contributed by atoms with Gasteiger partial charge in [-0.15, -0.1) is 0 Å². The molecule has 0 radical (unpaired) electrons. The van der Waals surface area contributed by atoms with E-state index in [9.17, 15) is 4.39 Å². The van der Waals surface area contributed by atoms with Crippen molar-refractivity contribution in [2.24, 2.45) is 0 Å². The van der Waals surface area contributed by atoms with Gasteiger partial charge in [0.25, 0.3) is 0 Å². The van der Waals surface area contributed by atoms with Crippen LogP contribution in [0.4, 0.5) is 15.9 Å². The molecule has 1 aromatic heterocycles. The number of nitrogens with two attached hydrogens (primary N) is 1. The van der Waals surface area contributed by atoms with Gasteiger partial charge in [-0.1, -0.05) is 12.1 Å². The molecule has 3 nitrogen and oxygen atoms in total.